The number of halogens is 2. The van der Waals surface area contributed by atoms with E-state index in [-0.39, 0.29) is 16.8 Å². The molecule has 78 valence electrons. The largest absolute Gasteiger partial charge is 0.366 e. The fourth-order valence-corrected chi connectivity index (χ4v) is 1.24. The van der Waals surface area contributed by atoms with Crippen molar-refractivity contribution >= 4 is 5.91 Å². The van der Waals surface area contributed by atoms with Crippen LogP contribution in [0.2, 0.25) is 0 Å². The van der Waals surface area contributed by atoms with Gasteiger partial charge in [-0.1, -0.05) is 0 Å². The molecule has 0 fully saturated rings. The molecule has 1 rings (SSSR count). The number of nitrogens with zero attached hydrogens (tertiary/aromatic N) is 2. The molecule has 0 aromatic carbocycles. The molecule has 15 heavy (non-hydrogen) atoms. The Morgan fingerprint density at radius 2 is 2.27 bits per heavy atom. The van der Waals surface area contributed by atoms with Gasteiger partial charge >= 0.3 is 0 Å². The van der Waals surface area contributed by atoms with Crippen LogP contribution < -0.4 is 5.73 Å². The first-order valence-electron chi connectivity index (χ1n) is 3.96. The van der Waals surface area contributed by atoms with E-state index in [2.05, 4.69) is 4.98 Å². The first-order valence-corrected chi connectivity index (χ1v) is 3.96. The van der Waals surface area contributed by atoms with Gasteiger partial charge in [0.1, 0.15) is 11.8 Å². The first-order chi connectivity index (χ1) is 6.99. The molecule has 1 heterocycles. The predicted octanol–water partition coefficient (Wildman–Crippen LogP) is 1.30. The Hall–Kier alpha value is -2.03. The zero-order valence-electron chi connectivity index (χ0n) is 7.79. The van der Waals surface area contributed by atoms with Gasteiger partial charge in [0, 0.05) is 11.8 Å². The van der Waals surface area contributed by atoms with E-state index >= 15 is 0 Å². The Labute approximate surface area is 84.3 Å². The summed E-state index contributed by atoms with van der Waals surface area (Å²) < 4.78 is 24.9. The second-order valence-electron chi connectivity index (χ2n) is 2.84. The van der Waals surface area contributed by atoms with Gasteiger partial charge in [-0.05, 0) is 12.5 Å². The molecule has 1 amide bonds. The number of carbonyl (C=O) groups excluding carboxylic acids is 1. The number of carbonyl (C=O) groups is 1. The summed E-state index contributed by atoms with van der Waals surface area (Å²) in [5, 5.41) is 8.60. The molecule has 1 aromatic heterocycles. The van der Waals surface area contributed by atoms with Gasteiger partial charge in [0.2, 0.25) is 5.91 Å². The number of hydrogen-bond acceptors (Lipinski definition) is 3. The van der Waals surface area contributed by atoms with E-state index in [4.69, 9.17) is 11.0 Å². The van der Waals surface area contributed by atoms with E-state index in [1.165, 1.54) is 6.92 Å². The Balaban J connectivity index is 3.53. The lowest BCUT2D eigenvalue weighted by Crippen LogP contribution is -2.17. The molecule has 0 aliphatic carbocycles. The molecule has 0 spiro atoms. The minimum absolute atomic E-state index is 0.0757. The van der Waals surface area contributed by atoms with E-state index in [0.717, 1.165) is 6.20 Å². The second kappa shape index (κ2) is 4.00. The van der Waals surface area contributed by atoms with Crippen molar-refractivity contribution in [3.63, 3.8) is 0 Å². The number of amides is 1. The summed E-state index contributed by atoms with van der Waals surface area (Å²) in [6.45, 7) is 1.36. The van der Waals surface area contributed by atoms with Crippen molar-refractivity contribution in [1.29, 1.82) is 5.26 Å². The second-order valence-corrected chi connectivity index (χ2v) is 2.84. The standard InChI is InChI=1S/C9H7F2N3O/c1-4-6(2-12)14-3-5(8(10)11)7(4)9(13)15/h3,8H,1H3,(H2,13,15). The van der Waals surface area contributed by atoms with Crippen LogP contribution in [-0.2, 0) is 0 Å². The van der Waals surface area contributed by atoms with E-state index in [1.54, 1.807) is 6.07 Å². The lowest BCUT2D eigenvalue weighted by molar-refractivity contribution is 0.0985. The number of nitriles is 1. The lowest BCUT2D eigenvalue weighted by Gasteiger charge is -2.08. The van der Waals surface area contributed by atoms with Crippen molar-refractivity contribution in [3.8, 4) is 6.07 Å². The topological polar surface area (TPSA) is 79.8 Å². The minimum atomic E-state index is -2.84. The Kier molecular flexibility index (Phi) is 2.95. The molecule has 0 aliphatic heterocycles. The number of hydrogen-bond donors (Lipinski definition) is 1. The van der Waals surface area contributed by atoms with Crippen LogP contribution >= 0.6 is 0 Å². The van der Waals surface area contributed by atoms with Crippen LogP contribution in [0.4, 0.5) is 8.78 Å². The number of pyridine rings is 1. The maximum Gasteiger partial charge on any atom is 0.266 e. The molecule has 6 heteroatoms. The van der Waals surface area contributed by atoms with Gasteiger partial charge in [-0.3, -0.25) is 4.79 Å². The van der Waals surface area contributed by atoms with Crippen LogP contribution in [0.3, 0.4) is 0 Å². The molecular weight excluding hydrogens is 204 g/mol. The molecule has 0 radical (unpaired) electrons. The Bertz CT molecular complexity index is 451. The molecule has 2 N–H and O–H groups in total. The SMILES string of the molecule is Cc1c(C#N)ncc(C(F)F)c1C(N)=O. The summed E-state index contributed by atoms with van der Waals surface area (Å²) in [6.07, 6.45) is -2.04. The smallest absolute Gasteiger partial charge is 0.266 e. The van der Waals surface area contributed by atoms with Crippen LogP contribution in [0.25, 0.3) is 0 Å². The van der Waals surface area contributed by atoms with Crippen molar-refractivity contribution in [3.05, 3.63) is 28.6 Å². The summed E-state index contributed by atoms with van der Waals surface area (Å²) in [5.41, 5.74) is 4.11. The molecule has 0 bridgehead atoms. The first kappa shape index (κ1) is 11.0. The summed E-state index contributed by atoms with van der Waals surface area (Å²) in [5.74, 6) is -0.985. The fourth-order valence-electron chi connectivity index (χ4n) is 1.24. The predicted molar refractivity (Wildman–Crippen MR) is 47.2 cm³/mol. The molecule has 0 saturated carbocycles. The van der Waals surface area contributed by atoms with E-state index in [9.17, 15) is 13.6 Å². The molecule has 1 aromatic rings. The average Bonchev–Trinajstić information content (AvgIpc) is 2.16. The van der Waals surface area contributed by atoms with Crippen LogP contribution in [-0.4, -0.2) is 10.9 Å². The van der Waals surface area contributed by atoms with Gasteiger partial charge < -0.3 is 5.73 Å². The zero-order valence-corrected chi connectivity index (χ0v) is 7.79. The van der Waals surface area contributed by atoms with Crippen molar-refractivity contribution in [2.24, 2.45) is 5.73 Å². The van der Waals surface area contributed by atoms with Crippen molar-refractivity contribution < 1.29 is 13.6 Å². The molecule has 4 nitrogen and oxygen atoms in total. The van der Waals surface area contributed by atoms with Gasteiger partial charge in [-0.15, -0.1) is 0 Å². The van der Waals surface area contributed by atoms with Gasteiger partial charge in [0.15, 0.2) is 0 Å². The molecule has 0 atom stereocenters. The van der Waals surface area contributed by atoms with E-state index in [0.29, 0.717) is 0 Å². The molecular formula is C9H7F2N3O. The number of rotatable bonds is 2. The summed E-state index contributed by atoms with van der Waals surface area (Å²) in [6, 6.07) is 1.69. The van der Waals surface area contributed by atoms with Crippen molar-refractivity contribution in [2.45, 2.75) is 13.3 Å². The third-order valence-corrected chi connectivity index (χ3v) is 1.94. The number of nitrogens with two attached hydrogens (primary N) is 1. The average molecular weight is 211 g/mol. The van der Waals surface area contributed by atoms with Crippen LogP contribution in [0, 0.1) is 18.3 Å². The Morgan fingerprint density at radius 3 is 2.67 bits per heavy atom. The number of primary amides is 1. The quantitative estimate of drug-likeness (QED) is 0.800. The van der Waals surface area contributed by atoms with Gasteiger partial charge in [-0.25, -0.2) is 13.8 Å². The third kappa shape index (κ3) is 1.91. The lowest BCUT2D eigenvalue weighted by atomic mass is 10.0. The highest BCUT2D eigenvalue weighted by atomic mass is 19.3. The van der Waals surface area contributed by atoms with Gasteiger partial charge in [0.25, 0.3) is 6.43 Å². The summed E-state index contributed by atoms with van der Waals surface area (Å²) in [4.78, 5) is 14.5. The highest BCUT2D eigenvalue weighted by Gasteiger charge is 2.21. The molecule has 0 unspecified atom stereocenters. The van der Waals surface area contributed by atoms with E-state index in [1.807, 2.05) is 0 Å². The fraction of sp³-hybridized carbons (Fsp3) is 0.222. The molecule has 0 aliphatic rings. The van der Waals surface area contributed by atoms with Gasteiger partial charge in [-0.2, -0.15) is 5.26 Å². The van der Waals surface area contributed by atoms with Crippen molar-refractivity contribution in [1.82, 2.24) is 4.98 Å². The maximum atomic E-state index is 12.5. The Morgan fingerprint density at radius 1 is 1.67 bits per heavy atom. The summed E-state index contributed by atoms with van der Waals surface area (Å²) in [7, 11) is 0. The third-order valence-electron chi connectivity index (χ3n) is 1.94. The summed E-state index contributed by atoms with van der Waals surface area (Å²) >= 11 is 0. The highest BCUT2D eigenvalue weighted by Crippen LogP contribution is 2.25. The number of alkyl halides is 2. The monoisotopic (exact) mass is 211 g/mol. The highest BCUT2D eigenvalue weighted by molar-refractivity contribution is 5.96. The maximum absolute atomic E-state index is 12.5. The van der Waals surface area contributed by atoms with Crippen LogP contribution in [0.1, 0.15) is 33.6 Å². The minimum Gasteiger partial charge on any atom is -0.366 e. The van der Waals surface area contributed by atoms with Crippen molar-refractivity contribution in [2.75, 3.05) is 0 Å². The molecule has 0 saturated heterocycles. The normalized spacial score (nSPS) is 10.1. The number of aromatic nitrogens is 1. The van der Waals surface area contributed by atoms with Gasteiger partial charge in [0.05, 0.1) is 5.56 Å². The van der Waals surface area contributed by atoms with E-state index < -0.39 is 17.9 Å². The zero-order chi connectivity index (χ0) is 11.6. The van der Waals surface area contributed by atoms with Crippen LogP contribution in [0.15, 0.2) is 6.20 Å². The van der Waals surface area contributed by atoms with Crippen LogP contribution in [0.5, 0.6) is 0 Å².